The molecular weight excluding hydrogens is 693 g/mol. The molecular formula is C53H34N4. The van der Waals surface area contributed by atoms with E-state index in [4.69, 9.17) is 15.0 Å². The maximum atomic E-state index is 5.06. The zero-order chi connectivity index (χ0) is 37.7. The maximum absolute atomic E-state index is 5.06. The van der Waals surface area contributed by atoms with Crippen molar-refractivity contribution < 1.29 is 0 Å². The smallest absolute Gasteiger partial charge is 0.164 e. The Morgan fingerprint density at radius 1 is 0.263 bits per heavy atom. The van der Waals surface area contributed by atoms with Crippen molar-refractivity contribution in [2.75, 3.05) is 0 Å². The van der Waals surface area contributed by atoms with E-state index in [1.165, 1.54) is 49.1 Å². The first kappa shape index (κ1) is 32.7. The van der Waals surface area contributed by atoms with Gasteiger partial charge in [-0.15, -0.1) is 0 Å². The molecule has 57 heavy (non-hydrogen) atoms. The second kappa shape index (κ2) is 13.6. The quantitative estimate of drug-likeness (QED) is 0.160. The second-order valence-electron chi connectivity index (χ2n) is 14.5. The average molecular weight is 727 g/mol. The van der Waals surface area contributed by atoms with E-state index in [1.807, 2.05) is 30.3 Å². The van der Waals surface area contributed by atoms with E-state index < -0.39 is 0 Å². The molecule has 0 saturated heterocycles. The summed E-state index contributed by atoms with van der Waals surface area (Å²) in [5, 5.41) is 7.33. The van der Waals surface area contributed by atoms with Crippen LogP contribution in [0, 0.1) is 0 Å². The Hall–Kier alpha value is -7.69. The lowest BCUT2D eigenvalue weighted by Gasteiger charge is -2.11. The largest absolute Gasteiger partial charge is 0.309 e. The van der Waals surface area contributed by atoms with Crippen LogP contribution in [-0.4, -0.2) is 19.5 Å². The van der Waals surface area contributed by atoms with Crippen molar-refractivity contribution in [2.24, 2.45) is 0 Å². The molecule has 0 saturated carbocycles. The number of hydrogen-bond acceptors (Lipinski definition) is 3. The van der Waals surface area contributed by atoms with Crippen LogP contribution in [0.2, 0.25) is 0 Å². The minimum atomic E-state index is 0.640. The van der Waals surface area contributed by atoms with Gasteiger partial charge in [-0.2, -0.15) is 0 Å². The molecule has 0 aliphatic carbocycles. The van der Waals surface area contributed by atoms with Crippen LogP contribution in [0.1, 0.15) is 0 Å². The minimum Gasteiger partial charge on any atom is -0.309 e. The van der Waals surface area contributed by atoms with Crippen LogP contribution in [0.3, 0.4) is 0 Å². The first-order valence-electron chi connectivity index (χ1n) is 19.3. The highest BCUT2D eigenvalue weighted by Crippen LogP contribution is 2.36. The van der Waals surface area contributed by atoms with Gasteiger partial charge in [-0.25, -0.2) is 15.0 Å². The van der Waals surface area contributed by atoms with Crippen LogP contribution >= 0.6 is 0 Å². The zero-order valence-electron chi connectivity index (χ0n) is 30.9. The molecule has 0 radical (unpaired) electrons. The standard InChI is InChI=1S/C53H34N4/c1-3-11-35(12-4-1)41-28-32-50-48(34-41)47-17-9-10-18-49(47)57(50)44-29-25-37(26-30-44)36-19-22-40(23-20-36)52-54-51(39-14-5-2-6-15-39)55-53(56-52)43-27-31-46-42(33-43)24-21-38-13-7-8-16-45(38)46/h1-34H. The summed E-state index contributed by atoms with van der Waals surface area (Å²) in [5.41, 5.74) is 11.1. The highest BCUT2D eigenvalue weighted by Gasteiger charge is 2.16. The number of hydrogen-bond donors (Lipinski definition) is 0. The predicted octanol–water partition coefficient (Wildman–Crippen LogP) is 13.6. The molecule has 0 bridgehead atoms. The molecule has 0 fully saturated rings. The van der Waals surface area contributed by atoms with Crippen LogP contribution < -0.4 is 0 Å². The Morgan fingerprint density at radius 2 is 0.737 bits per heavy atom. The molecule has 0 spiro atoms. The Labute approximate surface area is 330 Å². The summed E-state index contributed by atoms with van der Waals surface area (Å²) in [6, 6.07) is 72.9. The highest BCUT2D eigenvalue weighted by atomic mass is 15.0. The van der Waals surface area contributed by atoms with Gasteiger partial charge in [0, 0.05) is 33.2 Å². The fraction of sp³-hybridized carbons (Fsp3) is 0. The summed E-state index contributed by atoms with van der Waals surface area (Å²) < 4.78 is 2.37. The molecule has 0 aliphatic heterocycles. The first-order valence-corrected chi connectivity index (χ1v) is 19.3. The van der Waals surface area contributed by atoms with E-state index in [1.54, 1.807) is 0 Å². The lowest BCUT2D eigenvalue weighted by Crippen LogP contribution is -2.00. The van der Waals surface area contributed by atoms with Gasteiger partial charge in [-0.05, 0) is 80.2 Å². The van der Waals surface area contributed by atoms with Crippen LogP contribution in [0.25, 0.3) is 105 Å². The van der Waals surface area contributed by atoms with Gasteiger partial charge in [0.05, 0.1) is 11.0 Å². The third-order valence-corrected chi connectivity index (χ3v) is 11.1. The normalized spacial score (nSPS) is 11.5. The minimum absolute atomic E-state index is 0.640. The van der Waals surface area contributed by atoms with Gasteiger partial charge < -0.3 is 4.57 Å². The molecule has 266 valence electrons. The van der Waals surface area contributed by atoms with Crippen molar-refractivity contribution in [2.45, 2.75) is 0 Å². The van der Waals surface area contributed by atoms with Crippen LogP contribution in [0.4, 0.5) is 0 Å². The van der Waals surface area contributed by atoms with Crippen molar-refractivity contribution in [3.8, 4) is 62.1 Å². The molecule has 0 unspecified atom stereocenters. The number of fused-ring (bicyclic) bond motifs is 6. The lowest BCUT2D eigenvalue weighted by atomic mass is 10.00. The van der Waals surface area contributed by atoms with Crippen molar-refractivity contribution in [1.29, 1.82) is 0 Å². The zero-order valence-corrected chi connectivity index (χ0v) is 30.9. The van der Waals surface area contributed by atoms with Gasteiger partial charge in [0.15, 0.2) is 17.5 Å². The van der Waals surface area contributed by atoms with Gasteiger partial charge in [-0.3, -0.25) is 0 Å². The van der Waals surface area contributed by atoms with Crippen LogP contribution in [0.15, 0.2) is 206 Å². The fourth-order valence-corrected chi connectivity index (χ4v) is 8.18. The Kier molecular flexibility index (Phi) is 7.78. The topological polar surface area (TPSA) is 43.6 Å². The Balaban J connectivity index is 0.938. The van der Waals surface area contributed by atoms with E-state index in [0.717, 1.165) is 38.9 Å². The van der Waals surface area contributed by atoms with Crippen LogP contribution in [0.5, 0.6) is 0 Å². The third-order valence-electron chi connectivity index (χ3n) is 11.1. The number of nitrogens with zero attached hydrogens (tertiary/aromatic N) is 4. The SMILES string of the molecule is c1ccc(-c2ccc3c(c2)c2ccccc2n3-c2ccc(-c3ccc(-c4nc(-c5ccccc5)nc(-c5ccc6c(ccc7ccccc76)c5)n4)cc3)cc2)cc1. The molecule has 4 nitrogen and oxygen atoms in total. The maximum Gasteiger partial charge on any atom is 0.164 e. The summed E-state index contributed by atoms with van der Waals surface area (Å²) in [4.78, 5) is 15.0. The predicted molar refractivity (Wildman–Crippen MR) is 236 cm³/mol. The molecule has 11 rings (SSSR count). The number of para-hydroxylation sites is 1. The number of aromatic nitrogens is 4. The molecule has 0 atom stereocenters. The van der Waals surface area contributed by atoms with E-state index in [9.17, 15) is 0 Å². The van der Waals surface area contributed by atoms with Gasteiger partial charge in [-0.1, -0.05) is 170 Å². The van der Waals surface area contributed by atoms with Gasteiger partial charge in [0.25, 0.3) is 0 Å². The highest BCUT2D eigenvalue weighted by molar-refractivity contribution is 6.11. The average Bonchev–Trinajstić information content (AvgIpc) is 3.63. The third kappa shape index (κ3) is 5.83. The van der Waals surface area contributed by atoms with E-state index in [0.29, 0.717) is 17.5 Å². The van der Waals surface area contributed by atoms with Crippen molar-refractivity contribution >= 4 is 43.4 Å². The lowest BCUT2D eigenvalue weighted by molar-refractivity contribution is 1.07. The van der Waals surface area contributed by atoms with Crippen molar-refractivity contribution in [1.82, 2.24) is 19.5 Å². The van der Waals surface area contributed by atoms with Gasteiger partial charge in [0.1, 0.15) is 0 Å². The molecule has 0 amide bonds. The van der Waals surface area contributed by atoms with E-state index >= 15 is 0 Å². The molecule has 0 N–H and O–H groups in total. The monoisotopic (exact) mass is 726 g/mol. The van der Waals surface area contributed by atoms with Gasteiger partial charge in [0.2, 0.25) is 0 Å². The second-order valence-corrected chi connectivity index (χ2v) is 14.5. The molecule has 11 aromatic rings. The molecule has 2 aromatic heterocycles. The summed E-state index contributed by atoms with van der Waals surface area (Å²) in [5.74, 6) is 1.94. The van der Waals surface area contributed by atoms with E-state index in [2.05, 4.69) is 180 Å². The summed E-state index contributed by atoms with van der Waals surface area (Å²) in [6.07, 6.45) is 0. The molecule has 2 heterocycles. The Bertz CT molecular complexity index is 3260. The summed E-state index contributed by atoms with van der Waals surface area (Å²) in [6.45, 7) is 0. The van der Waals surface area contributed by atoms with Crippen molar-refractivity contribution in [3.05, 3.63) is 206 Å². The number of rotatable bonds is 6. The summed E-state index contributed by atoms with van der Waals surface area (Å²) in [7, 11) is 0. The first-order chi connectivity index (χ1) is 28.2. The van der Waals surface area contributed by atoms with E-state index in [-0.39, 0.29) is 0 Å². The van der Waals surface area contributed by atoms with Crippen molar-refractivity contribution in [3.63, 3.8) is 0 Å². The van der Waals surface area contributed by atoms with Crippen LogP contribution in [-0.2, 0) is 0 Å². The molecule has 4 heteroatoms. The summed E-state index contributed by atoms with van der Waals surface area (Å²) >= 11 is 0. The number of benzene rings is 9. The fourth-order valence-electron chi connectivity index (χ4n) is 8.18. The van der Waals surface area contributed by atoms with Gasteiger partial charge >= 0.3 is 0 Å². The molecule has 9 aromatic carbocycles. The Morgan fingerprint density at radius 3 is 1.47 bits per heavy atom. The molecule has 0 aliphatic rings.